The number of nitrogens with two attached hydrogens (primary N) is 1. The van der Waals surface area contributed by atoms with Crippen LogP contribution in [0.25, 0.3) is 0 Å². The molecule has 0 spiro atoms. The third-order valence-corrected chi connectivity index (χ3v) is 5.98. The molecule has 7 nitrogen and oxygen atoms in total. The third kappa shape index (κ3) is 2.14. The molecule has 0 aromatic carbocycles. The average Bonchev–Trinajstić information content (AvgIpc) is 2.54. The predicted octanol–water partition coefficient (Wildman–Crippen LogP) is 0.687. The summed E-state index contributed by atoms with van der Waals surface area (Å²) in [7, 11) is 0. The predicted molar refractivity (Wildman–Crippen MR) is 85.8 cm³/mol. The molecule has 1 aliphatic carbocycles. The fourth-order valence-corrected chi connectivity index (χ4v) is 4.63. The SMILES string of the molecule is NC(=O)c1cn2c(c(O)c1=O)C(=O)N1CC[C@H]3CC[C@H](CC3)[C@H]1C2. The number of carbonyl (C=O) groups is 2. The Labute approximate surface area is 139 Å². The summed E-state index contributed by atoms with van der Waals surface area (Å²) in [5.74, 6) is -0.771. The quantitative estimate of drug-likeness (QED) is 0.789. The van der Waals surface area contributed by atoms with Crippen molar-refractivity contribution in [3.05, 3.63) is 27.7 Å². The minimum absolute atomic E-state index is 0.0160. The van der Waals surface area contributed by atoms with Crippen molar-refractivity contribution in [2.45, 2.75) is 44.7 Å². The number of pyridine rings is 1. The third-order valence-electron chi connectivity index (χ3n) is 5.98. The van der Waals surface area contributed by atoms with E-state index >= 15 is 0 Å². The van der Waals surface area contributed by atoms with Crippen LogP contribution in [0.15, 0.2) is 11.0 Å². The molecule has 4 heterocycles. The highest BCUT2D eigenvalue weighted by Gasteiger charge is 2.42. The lowest BCUT2D eigenvalue weighted by atomic mass is 9.74. The zero-order chi connectivity index (χ0) is 17.0. The smallest absolute Gasteiger partial charge is 0.274 e. The van der Waals surface area contributed by atoms with E-state index in [2.05, 4.69) is 0 Å². The maximum absolute atomic E-state index is 12.9. The Kier molecular flexibility index (Phi) is 3.40. The van der Waals surface area contributed by atoms with Crippen LogP contribution in [0.4, 0.5) is 0 Å². The Morgan fingerprint density at radius 3 is 2.54 bits per heavy atom. The van der Waals surface area contributed by atoms with Crippen molar-refractivity contribution in [2.24, 2.45) is 17.6 Å². The number of nitrogens with zero attached hydrogens (tertiary/aromatic N) is 2. The normalized spacial score (nSPS) is 28.8. The summed E-state index contributed by atoms with van der Waals surface area (Å²) in [6.45, 7) is 1.15. The molecule has 0 radical (unpaired) electrons. The molecule has 2 saturated heterocycles. The number of aromatic hydroxyl groups is 1. The van der Waals surface area contributed by atoms with E-state index in [-0.39, 0.29) is 23.2 Å². The van der Waals surface area contributed by atoms with Crippen LogP contribution < -0.4 is 11.2 Å². The van der Waals surface area contributed by atoms with Gasteiger partial charge in [0.2, 0.25) is 5.43 Å². The van der Waals surface area contributed by atoms with Crippen molar-refractivity contribution in [1.82, 2.24) is 9.47 Å². The molecule has 1 aromatic heterocycles. The van der Waals surface area contributed by atoms with E-state index in [1.807, 2.05) is 4.90 Å². The van der Waals surface area contributed by atoms with Gasteiger partial charge in [-0.3, -0.25) is 14.4 Å². The first kappa shape index (κ1) is 15.2. The fraction of sp³-hybridized carbons (Fsp3) is 0.588. The van der Waals surface area contributed by atoms with Gasteiger partial charge in [-0.1, -0.05) is 12.8 Å². The summed E-state index contributed by atoms with van der Waals surface area (Å²) in [5.41, 5.74) is 4.08. The van der Waals surface area contributed by atoms with E-state index in [9.17, 15) is 19.5 Å². The van der Waals surface area contributed by atoms with E-state index in [1.165, 1.54) is 19.0 Å². The van der Waals surface area contributed by atoms with Gasteiger partial charge in [0.05, 0.1) is 6.04 Å². The lowest BCUT2D eigenvalue weighted by Gasteiger charge is -2.47. The zero-order valence-corrected chi connectivity index (χ0v) is 13.4. The van der Waals surface area contributed by atoms with Gasteiger partial charge in [0.1, 0.15) is 5.56 Å². The molecular formula is C17H21N3O4. The van der Waals surface area contributed by atoms with Crippen molar-refractivity contribution in [2.75, 3.05) is 6.54 Å². The lowest BCUT2D eigenvalue weighted by molar-refractivity contribution is 0.0280. The van der Waals surface area contributed by atoms with Crippen LogP contribution >= 0.6 is 0 Å². The zero-order valence-electron chi connectivity index (χ0n) is 13.4. The molecule has 1 saturated carbocycles. The average molecular weight is 331 g/mol. The van der Waals surface area contributed by atoms with Crippen LogP contribution in [0, 0.1) is 11.8 Å². The minimum Gasteiger partial charge on any atom is -0.503 e. The van der Waals surface area contributed by atoms with Crippen LogP contribution in [0.3, 0.4) is 0 Å². The molecular weight excluding hydrogens is 310 g/mol. The summed E-state index contributed by atoms with van der Waals surface area (Å²) < 4.78 is 1.55. The van der Waals surface area contributed by atoms with Crippen LogP contribution in [0.2, 0.25) is 0 Å². The molecule has 1 atom stereocenters. The number of hydrogen-bond acceptors (Lipinski definition) is 4. The van der Waals surface area contributed by atoms with Gasteiger partial charge in [-0.05, 0) is 31.1 Å². The van der Waals surface area contributed by atoms with E-state index in [1.54, 1.807) is 4.57 Å². The topological polar surface area (TPSA) is 106 Å². The molecule has 0 unspecified atom stereocenters. The largest absolute Gasteiger partial charge is 0.503 e. The Morgan fingerprint density at radius 1 is 1.17 bits per heavy atom. The monoisotopic (exact) mass is 331 g/mol. The molecule has 3 N–H and O–H groups in total. The van der Waals surface area contributed by atoms with Gasteiger partial charge in [0.25, 0.3) is 11.8 Å². The summed E-state index contributed by atoms with van der Waals surface area (Å²) in [5, 5.41) is 10.2. The highest BCUT2D eigenvalue weighted by Crippen LogP contribution is 2.40. The molecule has 3 fully saturated rings. The fourth-order valence-electron chi connectivity index (χ4n) is 4.63. The number of aromatic nitrogens is 1. The Hall–Kier alpha value is -2.31. The molecule has 128 valence electrons. The number of carbonyl (C=O) groups excluding carboxylic acids is 2. The lowest BCUT2D eigenvalue weighted by Crippen LogP contribution is -2.54. The molecule has 5 rings (SSSR count). The van der Waals surface area contributed by atoms with E-state index in [0.717, 1.165) is 19.3 Å². The minimum atomic E-state index is -0.890. The van der Waals surface area contributed by atoms with Crippen molar-refractivity contribution < 1.29 is 14.7 Å². The highest BCUT2D eigenvalue weighted by molar-refractivity contribution is 5.98. The highest BCUT2D eigenvalue weighted by atomic mass is 16.3. The molecule has 2 amide bonds. The summed E-state index contributed by atoms with van der Waals surface area (Å²) in [4.78, 5) is 38.3. The second kappa shape index (κ2) is 5.36. The summed E-state index contributed by atoms with van der Waals surface area (Å²) in [6, 6.07) is 0.0499. The van der Waals surface area contributed by atoms with Crippen LogP contribution in [-0.2, 0) is 6.54 Å². The maximum Gasteiger partial charge on any atom is 0.274 e. The first-order chi connectivity index (χ1) is 11.5. The van der Waals surface area contributed by atoms with Crippen LogP contribution in [-0.4, -0.2) is 39.0 Å². The van der Waals surface area contributed by atoms with Crippen molar-refractivity contribution >= 4 is 11.8 Å². The van der Waals surface area contributed by atoms with Crippen LogP contribution in [0.5, 0.6) is 5.75 Å². The molecule has 7 heteroatoms. The van der Waals surface area contributed by atoms with E-state index < -0.39 is 17.1 Å². The Bertz CT molecular complexity index is 777. The Balaban J connectivity index is 1.83. The second-order valence-corrected chi connectivity index (χ2v) is 7.22. The Morgan fingerprint density at radius 2 is 1.88 bits per heavy atom. The first-order valence-corrected chi connectivity index (χ1v) is 8.54. The first-order valence-electron chi connectivity index (χ1n) is 8.54. The van der Waals surface area contributed by atoms with Gasteiger partial charge in [0.15, 0.2) is 11.4 Å². The molecule has 24 heavy (non-hydrogen) atoms. The number of amides is 2. The second-order valence-electron chi connectivity index (χ2n) is 7.22. The summed E-state index contributed by atoms with van der Waals surface area (Å²) >= 11 is 0. The van der Waals surface area contributed by atoms with Crippen molar-refractivity contribution in [3.8, 4) is 5.75 Å². The van der Waals surface area contributed by atoms with Gasteiger partial charge < -0.3 is 20.3 Å². The number of fused-ring (bicyclic) bond motifs is 4. The van der Waals surface area contributed by atoms with Gasteiger partial charge in [-0.2, -0.15) is 0 Å². The van der Waals surface area contributed by atoms with Gasteiger partial charge in [-0.25, -0.2) is 0 Å². The molecule has 2 bridgehead atoms. The van der Waals surface area contributed by atoms with Gasteiger partial charge in [0, 0.05) is 19.3 Å². The number of rotatable bonds is 1. The van der Waals surface area contributed by atoms with Crippen molar-refractivity contribution in [1.29, 1.82) is 0 Å². The molecule has 1 aromatic rings. The summed E-state index contributed by atoms with van der Waals surface area (Å²) in [6.07, 6.45) is 6.92. The van der Waals surface area contributed by atoms with Gasteiger partial charge in [-0.15, -0.1) is 0 Å². The number of primary amides is 1. The standard InChI is InChI=1S/C17H21N3O4/c18-16(23)11-7-19-8-12-10-3-1-9(2-4-10)5-6-20(12)17(24)13(19)15(22)14(11)21/h7,9-10,12,22H,1-6,8H2,(H2,18,23)/t9-,10+,12-/m1/s1. The van der Waals surface area contributed by atoms with E-state index in [0.29, 0.717) is 24.9 Å². The molecule has 3 aliphatic heterocycles. The molecule has 4 aliphatic rings. The maximum atomic E-state index is 12.9. The number of hydrogen-bond donors (Lipinski definition) is 2. The van der Waals surface area contributed by atoms with E-state index in [4.69, 9.17) is 5.73 Å². The van der Waals surface area contributed by atoms with Gasteiger partial charge >= 0.3 is 0 Å². The van der Waals surface area contributed by atoms with Crippen LogP contribution in [0.1, 0.15) is 53.0 Å². The van der Waals surface area contributed by atoms with Crippen molar-refractivity contribution in [3.63, 3.8) is 0 Å².